The summed E-state index contributed by atoms with van der Waals surface area (Å²) in [6.45, 7) is 5.19. The molecule has 0 fully saturated rings. The van der Waals surface area contributed by atoms with Crippen LogP contribution in [0.25, 0.3) is 0 Å². The quantitative estimate of drug-likeness (QED) is 0.682. The van der Waals surface area contributed by atoms with Crippen molar-refractivity contribution < 1.29 is 22.7 Å². The average Bonchev–Trinajstić information content (AvgIpc) is 2.95. The maximum absolute atomic E-state index is 12.6. The zero-order valence-electron chi connectivity index (χ0n) is 17.1. The Kier molecular flexibility index (Phi) is 7.26. The predicted molar refractivity (Wildman–Crippen MR) is 116 cm³/mol. The lowest BCUT2D eigenvalue weighted by Crippen LogP contribution is -2.32. The summed E-state index contributed by atoms with van der Waals surface area (Å²) in [6, 6.07) is 11.3. The Bertz CT molecular complexity index is 989. The minimum absolute atomic E-state index is 0.103. The van der Waals surface area contributed by atoms with Gasteiger partial charge in [-0.1, -0.05) is 31.5 Å². The Balaban J connectivity index is 1.67. The van der Waals surface area contributed by atoms with Crippen molar-refractivity contribution in [3.8, 4) is 11.5 Å². The molecule has 8 heteroatoms. The lowest BCUT2D eigenvalue weighted by molar-refractivity contribution is -0.121. The van der Waals surface area contributed by atoms with Gasteiger partial charge in [0.05, 0.1) is 29.9 Å². The van der Waals surface area contributed by atoms with Crippen LogP contribution in [0.5, 0.6) is 11.5 Å². The van der Waals surface area contributed by atoms with E-state index in [4.69, 9.17) is 21.1 Å². The Labute approximate surface area is 182 Å². The molecule has 6 nitrogen and oxygen atoms in total. The number of benzene rings is 2. The van der Waals surface area contributed by atoms with E-state index in [2.05, 4.69) is 5.32 Å². The van der Waals surface area contributed by atoms with E-state index in [1.165, 1.54) is 24.3 Å². The standard InChI is InChI=1S/C22H26ClNO5S/c1-15(2)22(16-4-9-19-20(14-16)29-12-3-11-28-19)24-21(25)10-13-30(26,27)18-7-5-17(23)6-8-18/h4-9,14-15,22H,3,10-13H2,1-2H3,(H,24,25)/t22-/m0/s1. The highest BCUT2D eigenvalue weighted by Crippen LogP contribution is 2.34. The summed E-state index contributed by atoms with van der Waals surface area (Å²) in [5.74, 6) is 0.867. The molecule has 0 saturated heterocycles. The monoisotopic (exact) mass is 451 g/mol. The number of nitrogens with one attached hydrogen (secondary N) is 1. The number of amides is 1. The third-order valence-corrected chi connectivity index (χ3v) is 6.87. The van der Waals surface area contributed by atoms with Gasteiger partial charge in [0.1, 0.15) is 0 Å². The predicted octanol–water partition coefficient (Wildman–Crippen LogP) is 4.18. The maximum atomic E-state index is 12.6. The van der Waals surface area contributed by atoms with Crippen molar-refractivity contribution in [2.24, 2.45) is 5.92 Å². The number of hydrogen-bond acceptors (Lipinski definition) is 5. The van der Waals surface area contributed by atoms with Gasteiger partial charge in [-0.05, 0) is 47.9 Å². The Hall–Kier alpha value is -2.25. The van der Waals surface area contributed by atoms with Gasteiger partial charge in [0, 0.05) is 17.9 Å². The fraction of sp³-hybridized carbons (Fsp3) is 0.409. The molecule has 0 bridgehead atoms. The van der Waals surface area contributed by atoms with Gasteiger partial charge in [0.15, 0.2) is 21.3 Å². The third-order valence-electron chi connectivity index (χ3n) is 4.88. The van der Waals surface area contributed by atoms with Crippen LogP contribution >= 0.6 is 11.6 Å². The van der Waals surface area contributed by atoms with Crippen molar-refractivity contribution in [2.75, 3.05) is 19.0 Å². The SMILES string of the molecule is CC(C)[C@H](NC(=O)CCS(=O)(=O)c1ccc(Cl)cc1)c1ccc2c(c1)OCCCO2. The van der Waals surface area contributed by atoms with Crippen molar-refractivity contribution in [1.82, 2.24) is 5.32 Å². The molecule has 1 aliphatic rings. The minimum atomic E-state index is -3.56. The first-order valence-corrected chi connectivity index (χ1v) is 12.0. The normalized spacial score (nSPS) is 14.8. The summed E-state index contributed by atoms with van der Waals surface area (Å²) in [7, 11) is -3.56. The molecule has 1 N–H and O–H groups in total. The van der Waals surface area contributed by atoms with E-state index < -0.39 is 9.84 Å². The van der Waals surface area contributed by atoms with Crippen molar-refractivity contribution in [1.29, 1.82) is 0 Å². The molecule has 1 heterocycles. The van der Waals surface area contributed by atoms with E-state index in [1.54, 1.807) is 0 Å². The number of fused-ring (bicyclic) bond motifs is 1. The van der Waals surface area contributed by atoms with Crippen molar-refractivity contribution >= 4 is 27.3 Å². The minimum Gasteiger partial charge on any atom is -0.490 e. The molecular weight excluding hydrogens is 426 g/mol. The molecule has 0 spiro atoms. The van der Waals surface area contributed by atoms with Gasteiger partial charge in [-0.2, -0.15) is 0 Å². The topological polar surface area (TPSA) is 81.7 Å². The largest absolute Gasteiger partial charge is 0.490 e. The molecule has 1 aliphatic heterocycles. The number of sulfone groups is 1. The highest BCUT2D eigenvalue weighted by Gasteiger charge is 2.23. The van der Waals surface area contributed by atoms with Gasteiger partial charge in [-0.25, -0.2) is 8.42 Å². The molecule has 0 saturated carbocycles. The average molecular weight is 452 g/mol. The Morgan fingerprint density at radius 2 is 1.73 bits per heavy atom. The molecule has 3 rings (SSSR count). The summed E-state index contributed by atoms with van der Waals surface area (Å²) in [6.07, 6.45) is 0.690. The van der Waals surface area contributed by atoms with Crippen LogP contribution in [0.15, 0.2) is 47.4 Å². The molecule has 0 unspecified atom stereocenters. The van der Waals surface area contributed by atoms with Gasteiger partial charge in [-0.3, -0.25) is 4.79 Å². The Morgan fingerprint density at radius 1 is 1.07 bits per heavy atom. The van der Waals surface area contributed by atoms with Crippen LogP contribution in [-0.2, 0) is 14.6 Å². The lowest BCUT2D eigenvalue weighted by Gasteiger charge is -2.24. The number of ether oxygens (including phenoxy) is 2. The van der Waals surface area contributed by atoms with Crippen LogP contribution in [0.2, 0.25) is 5.02 Å². The first-order valence-electron chi connectivity index (χ1n) is 9.93. The zero-order valence-corrected chi connectivity index (χ0v) is 18.6. The molecule has 2 aromatic rings. The smallest absolute Gasteiger partial charge is 0.221 e. The maximum Gasteiger partial charge on any atom is 0.221 e. The summed E-state index contributed by atoms with van der Waals surface area (Å²) in [4.78, 5) is 12.7. The molecule has 1 atom stereocenters. The second kappa shape index (κ2) is 9.71. The second-order valence-electron chi connectivity index (χ2n) is 7.57. The van der Waals surface area contributed by atoms with Gasteiger partial charge in [-0.15, -0.1) is 0 Å². The van der Waals surface area contributed by atoms with Gasteiger partial charge >= 0.3 is 0 Å². The van der Waals surface area contributed by atoms with E-state index in [0.29, 0.717) is 29.7 Å². The first kappa shape index (κ1) is 22.4. The zero-order chi connectivity index (χ0) is 21.7. The Morgan fingerprint density at radius 3 is 2.40 bits per heavy atom. The molecule has 30 heavy (non-hydrogen) atoms. The van der Waals surface area contributed by atoms with Crippen molar-refractivity contribution in [3.05, 3.63) is 53.1 Å². The van der Waals surface area contributed by atoms with Crippen LogP contribution in [0.1, 0.15) is 38.3 Å². The van der Waals surface area contributed by atoms with Crippen LogP contribution in [0, 0.1) is 5.92 Å². The third kappa shape index (κ3) is 5.67. The first-order chi connectivity index (χ1) is 14.3. The summed E-state index contributed by atoms with van der Waals surface area (Å²) >= 11 is 5.81. The molecular formula is C22H26ClNO5S. The lowest BCUT2D eigenvalue weighted by atomic mass is 9.95. The van der Waals surface area contributed by atoms with E-state index >= 15 is 0 Å². The summed E-state index contributed by atoms with van der Waals surface area (Å²) in [5, 5.41) is 3.43. The van der Waals surface area contributed by atoms with Crippen molar-refractivity contribution in [3.63, 3.8) is 0 Å². The highest BCUT2D eigenvalue weighted by atomic mass is 35.5. The molecule has 0 aromatic heterocycles. The fourth-order valence-electron chi connectivity index (χ4n) is 3.24. The van der Waals surface area contributed by atoms with E-state index in [9.17, 15) is 13.2 Å². The van der Waals surface area contributed by atoms with Crippen LogP contribution in [0.4, 0.5) is 0 Å². The molecule has 1 amide bonds. The van der Waals surface area contributed by atoms with Crippen molar-refractivity contribution in [2.45, 2.75) is 37.6 Å². The number of rotatable bonds is 7. The number of halogens is 1. The van der Waals surface area contributed by atoms with E-state index in [1.807, 2.05) is 32.0 Å². The van der Waals surface area contributed by atoms with Crippen LogP contribution in [0.3, 0.4) is 0 Å². The number of carbonyl (C=O) groups excluding carboxylic acids is 1. The summed E-state index contributed by atoms with van der Waals surface area (Å²) in [5.41, 5.74) is 0.892. The molecule has 0 aliphatic carbocycles. The van der Waals surface area contributed by atoms with E-state index in [0.717, 1.165) is 12.0 Å². The van der Waals surface area contributed by atoms with Crippen LogP contribution in [-0.4, -0.2) is 33.3 Å². The van der Waals surface area contributed by atoms with Gasteiger partial charge in [0.25, 0.3) is 0 Å². The summed E-state index contributed by atoms with van der Waals surface area (Å²) < 4.78 is 36.4. The fourth-order valence-corrected chi connectivity index (χ4v) is 4.61. The highest BCUT2D eigenvalue weighted by molar-refractivity contribution is 7.91. The van der Waals surface area contributed by atoms with Gasteiger partial charge in [0.2, 0.25) is 5.91 Å². The number of carbonyl (C=O) groups is 1. The van der Waals surface area contributed by atoms with Crippen LogP contribution < -0.4 is 14.8 Å². The molecule has 162 valence electrons. The van der Waals surface area contributed by atoms with Gasteiger partial charge < -0.3 is 14.8 Å². The van der Waals surface area contributed by atoms with E-state index in [-0.39, 0.29) is 34.9 Å². The molecule has 0 radical (unpaired) electrons. The second-order valence-corrected chi connectivity index (χ2v) is 10.1. The number of hydrogen-bond donors (Lipinski definition) is 1. The molecule has 2 aromatic carbocycles.